The molecule has 0 saturated carbocycles. The van der Waals surface area contributed by atoms with Crippen molar-refractivity contribution < 1.29 is 14.7 Å². The summed E-state index contributed by atoms with van der Waals surface area (Å²) in [5.41, 5.74) is 1.93. The molecule has 0 bridgehead atoms. The van der Waals surface area contributed by atoms with Gasteiger partial charge in [0.1, 0.15) is 0 Å². The van der Waals surface area contributed by atoms with Crippen LogP contribution in [0.15, 0.2) is 54.6 Å². The molecular formula is C25H30N2O3. The third-order valence-corrected chi connectivity index (χ3v) is 6.64. The zero-order valence-corrected chi connectivity index (χ0v) is 17.6. The van der Waals surface area contributed by atoms with E-state index in [0.29, 0.717) is 57.4 Å². The molecule has 0 aliphatic carbocycles. The lowest BCUT2D eigenvalue weighted by molar-refractivity contribution is -0.141. The summed E-state index contributed by atoms with van der Waals surface area (Å²) >= 11 is 0. The molecule has 4 rings (SSSR count). The minimum absolute atomic E-state index is 0.0324. The molecule has 2 amide bonds. The highest BCUT2D eigenvalue weighted by atomic mass is 16.3. The van der Waals surface area contributed by atoms with Gasteiger partial charge in [-0.15, -0.1) is 0 Å². The van der Waals surface area contributed by atoms with Crippen LogP contribution in [0.5, 0.6) is 0 Å². The van der Waals surface area contributed by atoms with E-state index >= 15 is 0 Å². The molecule has 2 heterocycles. The third-order valence-electron chi connectivity index (χ3n) is 6.64. The van der Waals surface area contributed by atoms with Crippen LogP contribution in [0.4, 0.5) is 0 Å². The van der Waals surface area contributed by atoms with Crippen molar-refractivity contribution in [2.24, 2.45) is 5.92 Å². The van der Waals surface area contributed by atoms with Gasteiger partial charge in [-0.05, 0) is 50.3 Å². The molecule has 5 nitrogen and oxygen atoms in total. The predicted octanol–water partition coefficient (Wildman–Crippen LogP) is 3.36. The molecule has 2 aromatic carbocycles. The maximum absolute atomic E-state index is 13.0. The normalized spacial score (nSPS) is 19.5. The Hall–Kier alpha value is -2.66. The molecule has 0 spiro atoms. The molecule has 0 unspecified atom stereocenters. The number of rotatable bonds is 3. The molecular weight excluding hydrogens is 376 g/mol. The lowest BCUT2D eigenvalue weighted by atomic mass is 9.84. The number of carbonyl (C=O) groups excluding carboxylic acids is 2. The van der Waals surface area contributed by atoms with Gasteiger partial charge in [0, 0.05) is 37.7 Å². The van der Waals surface area contributed by atoms with Gasteiger partial charge in [-0.25, -0.2) is 0 Å². The average Bonchev–Trinajstić information content (AvgIpc) is 2.80. The number of aryl methyl sites for hydroxylation is 1. The number of carbonyl (C=O) groups is 2. The second kappa shape index (κ2) is 8.60. The Morgan fingerprint density at radius 3 is 2.07 bits per heavy atom. The molecule has 158 valence electrons. The highest BCUT2D eigenvalue weighted by molar-refractivity contribution is 5.94. The lowest BCUT2D eigenvalue weighted by Crippen LogP contribution is -2.49. The maximum atomic E-state index is 13.0. The first-order chi connectivity index (χ1) is 14.5. The number of amides is 2. The van der Waals surface area contributed by atoms with Crippen molar-refractivity contribution in [1.29, 1.82) is 0 Å². The van der Waals surface area contributed by atoms with Crippen LogP contribution in [-0.2, 0) is 10.4 Å². The van der Waals surface area contributed by atoms with E-state index in [1.807, 2.05) is 71.3 Å². The summed E-state index contributed by atoms with van der Waals surface area (Å²) in [4.78, 5) is 29.5. The fraction of sp³-hybridized carbons (Fsp3) is 0.440. The van der Waals surface area contributed by atoms with Gasteiger partial charge in [-0.1, -0.05) is 48.0 Å². The van der Waals surface area contributed by atoms with Crippen molar-refractivity contribution in [1.82, 2.24) is 9.80 Å². The zero-order chi connectivity index (χ0) is 21.1. The van der Waals surface area contributed by atoms with E-state index in [-0.39, 0.29) is 17.7 Å². The van der Waals surface area contributed by atoms with Crippen LogP contribution in [0.2, 0.25) is 0 Å². The predicted molar refractivity (Wildman–Crippen MR) is 116 cm³/mol. The first-order valence-corrected chi connectivity index (χ1v) is 10.9. The van der Waals surface area contributed by atoms with Gasteiger partial charge in [-0.2, -0.15) is 0 Å². The lowest BCUT2D eigenvalue weighted by Gasteiger charge is -2.41. The van der Waals surface area contributed by atoms with Gasteiger partial charge in [0.05, 0.1) is 5.60 Å². The Labute approximate surface area is 178 Å². The number of benzene rings is 2. The van der Waals surface area contributed by atoms with Crippen LogP contribution in [0.25, 0.3) is 0 Å². The number of aliphatic hydroxyl groups is 1. The van der Waals surface area contributed by atoms with Crippen molar-refractivity contribution >= 4 is 11.8 Å². The molecule has 0 atom stereocenters. The van der Waals surface area contributed by atoms with Crippen molar-refractivity contribution in [3.05, 3.63) is 71.3 Å². The van der Waals surface area contributed by atoms with Crippen LogP contribution in [0.3, 0.4) is 0 Å². The topological polar surface area (TPSA) is 60.9 Å². The fourth-order valence-electron chi connectivity index (χ4n) is 4.60. The minimum Gasteiger partial charge on any atom is -0.385 e. The van der Waals surface area contributed by atoms with Gasteiger partial charge >= 0.3 is 0 Å². The fourth-order valence-corrected chi connectivity index (χ4v) is 4.60. The van der Waals surface area contributed by atoms with E-state index in [0.717, 1.165) is 11.1 Å². The summed E-state index contributed by atoms with van der Waals surface area (Å²) in [6, 6.07) is 17.4. The molecule has 2 aromatic rings. The molecule has 5 heteroatoms. The Bertz CT molecular complexity index is 878. The summed E-state index contributed by atoms with van der Waals surface area (Å²) in [5, 5.41) is 11.0. The first-order valence-electron chi connectivity index (χ1n) is 10.9. The van der Waals surface area contributed by atoms with Crippen LogP contribution >= 0.6 is 0 Å². The molecule has 1 N–H and O–H groups in total. The Morgan fingerprint density at radius 1 is 0.867 bits per heavy atom. The van der Waals surface area contributed by atoms with Gasteiger partial charge < -0.3 is 14.9 Å². The SMILES string of the molecule is Cc1ccc(C(=O)N2CCC(C(=O)N3CCC(O)(c4ccccc4)CC3)CC2)cc1. The second-order valence-corrected chi connectivity index (χ2v) is 8.66. The highest BCUT2D eigenvalue weighted by Crippen LogP contribution is 2.33. The second-order valence-electron chi connectivity index (χ2n) is 8.66. The van der Waals surface area contributed by atoms with Crippen LogP contribution in [0.1, 0.15) is 47.2 Å². The summed E-state index contributed by atoms with van der Waals surface area (Å²) in [6.07, 6.45) is 2.53. The average molecular weight is 407 g/mol. The molecule has 2 aliphatic rings. The Kier molecular flexibility index (Phi) is 5.91. The molecule has 30 heavy (non-hydrogen) atoms. The maximum Gasteiger partial charge on any atom is 0.253 e. The van der Waals surface area contributed by atoms with Crippen LogP contribution < -0.4 is 0 Å². The standard InChI is InChI=1S/C25H30N2O3/c1-19-7-9-20(10-8-19)23(28)26-15-11-21(12-16-26)24(29)27-17-13-25(30,14-18-27)22-5-3-2-4-6-22/h2-10,21,30H,11-18H2,1H3. The minimum atomic E-state index is -0.845. The van der Waals surface area contributed by atoms with Crippen molar-refractivity contribution in [2.45, 2.75) is 38.2 Å². The Morgan fingerprint density at radius 2 is 1.47 bits per heavy atom. The first kappa shape index (κ1) is 20.6. The summed E-state index contributed by atoms with van der Waals surface area (Å²) in [5.74, 6) is 0.189. The highest BCUT2D eigenvalue weighted by Gasteiger charge is 2.37. The number of hydrogen-bond acceptors (Lipinski definition) is 3. The third kappa shape index (κ3) is 4.26. The van der Waals surface area contributed by atoms with Gasteiger partial charge in [-0.3, -0.25) is 9.59 Å². The zero-order valence-electron chi connectivity index (χ0n) is 17.6. The van der Waals surface area contributed by atoms with E-state index in [1.54, 1.807) is 0 Å². The van der Waals surface area contributed by atoms with Crippen LogP contribution in [0, 0.1) is 12.8 Å². The number of nitrogens with zero attached hydrogens (tertiary/aromatic N) is 2. The van der Waals surface area contributed by atoms with E-state index in [4.69, 9.17) is 0 Å². The summed E-state index contributed by atoms with van der Waals surface area (Å²) in [6.45, 7) is 4.39. The molecule has 2 fully saturated rings. The van der Waals surface area contributed by atoms with E-state index in [2.05, 4.69) is 0 Å². The largest absolute Gasteiger partial charge is 0.385 e. The van der Waals surface area contributed by atoms with Crippen LogP contribution in [-0.4, -0.2) is 52.9 Å². The van der Waals surface area contributed by atoms with Crippen molar-refractivity contribution in [3.63, 3.8) is 0 Å². The number of piperidine rings is 2. The quantitative estimate of drug-likeness (QED) is 0.850. The smallest absolute Gasteiger partial charge is 0.253 e. The molecule has 2 saturated heterocycles. The molecule has 2 aliphatic heterocycles. The molecule has 0 aromatic heterocycles. The van der Waals surface area contributed by atoms with Gasteiger partial charge in [0.2, 0.25) is 5.91 Å². The number of hydrogen-bond donors (Lipinski definition) is 1. The number of likely N-dealkylation sites (tertiary alicyclic amines) is 2. The summed E-state index contributed by atoms with van der Waals surface area (Å²) in [7, 11) is 0. The van der Waals surface area contributed by atoms with E-state index < -0.39 is 5.60 Å². The van der Waals surface area contributed by atoms with E-state index in [1.165, 1.54) is 0 Å². The van der Waals surface area contributed by atoms with E-state index in [9.17, 15) is 14.7 Å². The monoisotopic (exact) mass is 406 g/mol. The van der Waals surface area contributed by atoms with Gasteiger partial charge in [0.15, 0.2) is 0 Å². The van der Waals surface area contributed by atoms with Crippen molar-refractivity contribution in [2.75, 3.05) is 26.2 Å². The summed E-state index contributed by atoms with van der Waals surface area (Å²) < 4.78 is 0. The Balaban J connectivity index is 1.30. The van der Waals surface area contributed by atoms with Gasteiger partial charge in [0.25, 0.3) is 5.91 Å². The van der Waals surface area contributed by atoms with Crippen molar-refractivity contribution in [3.8, 4) is 0 Å². The molecule has 0 radical (unpaired) electrons.